The Balaban J connectivity index is 2.03. The third-order valence-electron chi connectivity index (χ3n) is 4.24. The van der Waals surface area contributed by atoms with Gasteiger partial charge >= 0.3 is 5.97 Å². The lowest BCUT2D eigenvalue weighted by molar-refractivity contribution is -0.148. The van der Waals surface area contributed by atoms with Gasteiger partial charge in [0.25, 0.3) is 5.91 Å². The fourth-order valence-corrected chi connectivity index (χ4v) is 2.92. The third kappa shape index (κ3) is 7.28. The lowest BCUT2D eigenvalue weighted by atomic mass is 10.0. The van der Waals surface area contributed by atoms with Crippen molar-refractivity contribution >= 4 is 11.9 Å². The molecule has 1 unspecified atom stereocenters. The van der Waals surface area contributed by atoms with Crippen LogP contribution in [0.4, 0.5) is 0 Å². The first-order chi connectivity index (χ1) is 14.4. The van der Waals surface area contributed by atoms with E-state index in [4.69, 9.17) is 14.2 Å². The van der Waals surface area contributed by atoms with Crippen LogP contribution in [0.3, 0.4) is 0 Å². The molecule has 30 heavy (non-hydrogen) atoms. The zero-order valence-corrected chi connectivity index (χ0v) is 17.7. The molecule has 2 aromatic rings. The third-order valence-corrected chi connectivity index (χ3v) is 4.24. The van der Waals surface area contributed by atoms with Crippen molar-refractivity contribution in [3.8, 4) is 11.5 Å². The van der Waals surface area contributed by atoms with Crippen LogP contribution < -0.4 is 14.8 Å². The van der Waals surface area contributed by atoms with Crippen LogP contribution in [0.2, 0.25) is 0 Å². The monoisotopic (exact) mass is 411 g/mol. The van der Waals surface area contributed by atoms with Gasteiger partial charge in [-0.2, -0.15) is 0 Å². The van der Waals surface area contributed by atoms with Crippen LogP contribution in [0.1, 0.15) is 37.4 Å². The molecule has 0 spiro atoms. The molecular formula is C24H29NO5. The molecule has 6 heteroatoms. The minimum Gasteiger partial charge on any atom is -0.493 e. The minimum atomic E-state index is -0.509. The number of ether oxygens (including phenoxy) is 3. The number of hydrogen-bond donors (Lipinski definition) is 1. The Kier molecular flexibility index (Phi) is 8.94. The summed E-state index contributed by atoms with van der Waals surface area (Å²) in [6.45, 7) is 7.09. The number of amides is 1. The van der Waals surface area contributed by atoms with Gasteiger partial charge in [-0.25, -0.2) is 0 Å². The van der Waals surface area contributed by atoms with Crippen LogP contribution in [0.5, 0.6) is 11.5 Å². The molecule has 6 nitrogen and oxygen atoms in total. The summed E-state index contributed by atoms with van der Waals surface area (Å²) >= 11 is 0. The molecule has 0 saturated carbocycles. The lowest BCUT2D eigenvalue weighted by Crippen LogP contribution is -2.34. The van der Waals surface area contributed by atoms with Gasteiger partial charge < -0.3 is 19.5 Å². The van der Waals surface area contributed by atoms with Gasteiger partial charge in [-0.3, -0.25) is 9.59 Å². The molecule has 0 aliphatic rings. The summed E-state index contributed by atoms with van der Waals surface area (Å²) in [5.74, 6) is 0.288. The normalized spacial score (nSPS) is 11.5. The Bertz CT molecular complexity index is 848. The van der Waals surface area contributed by atoms with E-state index in [0.717, 1.165) is 11.1 Å². The van der Waals surface area contributed by atoms with Crippen molar-refractivity contribution in [1.82, 2.24) is 5.32 Å². The Morgan fingerprint density at radius 3 is 2.47 bits per heavy atom. The van der Waals surface area contributed by atoms with E-state index < -0.39 is 6.04 Å². The highest BCUT2D eigenvalue weighted by atomic mass is 16.5. The van der Waals surface area contributed by atoms with E-state index in [2.05, 4.69) is 11.9 Å². The summed E-state index contributed by atoms with van der Waals surface area (Å²) in [6.07, 6.45) is 2.33. The maximum atomic E-state index is 12.5. The van der Waals surface area contributed by atoms with E-state index in [9.17, 15) is 9.59 Å². The first-order valence-corrected chi connectivity index (χ1v) is 9.87. The van der Waals surface area contributed by atoms with Crippen LogP contribution in [-0.2, 0) is 20.7 Å². The molecule has 2 aromatic carbocycles. The lowest BCUT2D eigenvalue weighted by Gasteiger charge is -2.20. The number of methoxy groups -OCH3 is 1. The summed E-state index contributed by atoms with van der Waals surface area (Å²) < 4.78 is 16.2. The van der Waals surface area contributed by atoms with E-state index in [0.29, 0.717) is 17.9 Å². The Labute approximate surface area is 177 Å². The summed E-state index contributed by atoms with van der Waals surface area (Å²) in [6, 6.07) is 14.3. The molecule has 1 N–H and O–H groups in total. The summed E-state index contributed by atoms with van der Waals surface area (Å²) in [4.78, 5) is 24.7. The Morgan fingerprint density at radius 1 is 1.10 bits per heavy atom. The van der Waals surface area contributed by atoms with Crippen molar-refractivity contribution in [3.63, 3.8) is 0 Å². The number of carbonyl (C=O) groups is 2. The molecule has 0 aliphatic carbocycles. The minimum absolute atomic E-state index is 0.0352. The van der Waals surface area contributed by atoms with Crippen LogP contribution in [0, 0.1) is 0 Å². The van der Waals surface area contributed by atoms with Crippen LogP contribution in [0.15, 0.2) is 61.2 Å². The number of carbonyl (C=O) groups excluding carboxylic acids is 2. The maximum Gasteiger partial charge on any atom is 0.308 e. The van der Waals surface area contributed by atoms with Crippen molar-refractivity contribution in [1.29, 1.82) is 0 Å². The molecule has 1 atom stereocenters. The van der Waals surface area contributed by atoms with Crippen molar-refractivity contribution in [2.75, 3.05) is 13.7 Å². The van der Waals surface area contributed by atoms with E-state index in [1.54, 1.807) is 33.1 Å². The summed E-state index contributed by atoms with van der Waals surface area (Å²) in [5, 5.41) is 2.86. The molecule has 0 bridgehead atoms. The van der Waals surface area contributed by atoms with Crippen molar-refractivity contribution in [2.24, 2.45) is 0 Å². The zero-order valence-electron chi connectivity index (χ0n) is 17.7. The summed E-state index contributed by atoms with van der Waals surface area (Å²) in [7, 11) is 1.55. The predicted molar refractivity (Wildman–Crippen MR) is 116 cm³/mol. The van der Waals surface area contributed by atoms with Gasteiger partial charge in [0.05, 0.1) is 25.7 Å². The molecule has 1 amide bonds. The maximum absolute atomic E-state index is 12.5. The number of benzene rings is 2. The second-order valence-corrected chi connectivity index (χ2v) is 7.04. The van der Waals surface area contributed by atoms with E-state index in [1.807, 2.05) is 42.5 Å². The van der Waals surface area contributed by atoms with Gasteiger partial charge in [-0.05, 0) is 43.5 Å². The van der Waals surface area contributed by atoms with Gasteiger partial charge in [-0.1, -0.05) is 42.5 Å². The van der Waals surface area contributed by atoms with Gasteiger partial charge in [0, 0.05) is 0 Å². The van der Waals surface area contributed by atoms with Crippen molar-refractivity contribution in [3.05, 3.63) is 72.3 Å². The molecule has 0 aliphatic heterocycles. The number of hydrogen-bond acceptors (Lipinski definition) is 5. The van der Waals surface area contributed by atoms with Gasteiger partial charge in [0.2, 0.25) is 0 Å². The summed E-state index contributed by atoms with van der Waals surface area (Å²) in [5.41, 5.74) is 1.85. The number of allylic oxidation sites excluding steroid dienone is 1. The quantitative estimate of drug-likeness (QED) is 0.447. The second-order valence-electron chi connectivity index (χ2n) is 7.04. The average molecular weight is 411 g/mol. The van der Waals surface area contributed by atoms with E-state index in [1.165, 1.54) is 0 Å². The predicted octanol–water partition coefficient (Wildman–Crippen LogP) is 4.00. The highest BCUT2D eigenvalue weighted by Gasteiger charge is 2.20. The number of esters is 1. The average Bonchev–Trinajstić information content (AvgIpc) is 2.72. The fraction of sp³-hybridized carbons (Fsp3) is 0.333. The van der Waals surface area contributed by atoms with Crippen LogP contribution in [-0.4, -0.2) is 31.7 Å². The van der Waals surface area contributed by atoms with Gasteiger partial charge in [-0.15, -0.1) is 6.58 Å². The van der Waals surface area contributed by atoms with Crippen LogP contribution >= 0.6 is 0 Å². The highest BCUT2D eigenvalue weighted by Crippen LogP contribution is 2.28. The molecule has 0 aromatic heterocycles. The van der Waals surface area contributed by atoms with Crippen LogP contribution in [0.25, 0.3) is 0 Å². The number of nitrogens with one attached hydrogen (secondary N) is 1. The zero-order chi connectivity index (χ0) is 21.9. The molecule has 0 saturated heterocycles. The first-order valence-electron chi connectivity index (χ1n) is 9.87. The van der Waals surface area contributed by atoms with Gasteiger partial charge in [0.15, 0.2) is 18.1 Å². The van der Waals surface area contributed by atoms with Crippen molar-refractivity contribution < 1.29 is 23.8 Å². The first kappa shape index (κ1) is 23.0. The molecular weight excluding hydrogens is 382 g/mol. The standard InChI is InChI=1S/C24H29NO5/c1-5-9-18-12-13-21(22(14-18)28-4)29-16-23(26)25-20(15-24(27)30-17(2)3)19-10-7-6-8-11-19/h5-8,10-14,17,20H,1,9,15-16H2,2-4H3,(H,25,26). The molecule has 2 rings (SSSR count). The van der Waals surface area contributed by atoms with Crippen molar-refractivity contribution in [2.45, 2.75) is 38.8 Å². The Morgan fingerprint density at radius 2 is 1.83 bits per heavy atom. The highest BCUT2D eigenvalue weighted by molar-refractivity contribution is 5.79. The van der Waals surface area contributed by atoms with E-state index in [-0.39, 0.29) is 31.0 Å². The molecule has 0 heterocycles. The molecule has 0 radical (unpaired) electrons. The Hall–Kier alpha value is -3.28. The smallest absolute Gasteiger partial charge is 0.308 e. The largest absolute Gasteiger partial charge is 0.493 e. The van der Waals surface area contributed by atoms with Gasteiger partial charge in [0.1, 0.15) is 0 Å². The topological polar surface area (TPSA) is 73.9 Å². The number of rotatable bonds is 11. The molecule has 160 valence electrons. The fourth-order valence-electron chi connectivity index (χ4n) is 2.92. The van der Waals surface area contributed by atoms with E-state index >= 15 is 0 Å². The second kappa shape index (κ2) is 11.7. The molecule has 0 fully saturated rings. The SMILES string of the molecule is C=CCc1ccc(OCC(=O)NC(CC(=O)OC(C)C)c2ccccc2)c(OC)c1.